The zero-order chi connectivity index (χ0) is 11.3. The van der Waals surface area contributed by atoms with Gasteiger partial charge >= 0.3 is 0 Å². The number of aryl methyl sites for hydroxylation is 2. The first-order valence-corrected chi connectivity index (χ1v) is 5.45. The van der Waals surface area contributed by atoms with Crippen LogP contribution in [0.2, 0.25) is 0 Å². The Morgan fingerprint density at radius 2 is 2.33 bits per heavy atom. The molecule has 0 aliphatic heterocycles. The molecule has 1 aromatic rings. The van der Waals surface area contributed by atoms with Crippen molar-refractivity contribution in [2.45, 2.75) is 32.7 Å². The van der Waals surface area contributed by atoms with Crippen molar-refractivity contribution in [1.82, 2.24) is 15.1 Å². The van der Waals surface area contributed by atoms with Gasteiger partial charge in [-0.1, -0.05) is 19.8 Å². The van der Waals surface area contributed by atoms with E-state index in [1.807, 2.05) is 11.7 Å². The minimum absolute atomic E-state index is 0.0252. The zero-order valence-corrected chi connectivity index (χ0v) is 9.75. The van der Waals surface area contributed by atoms with Gasteiger partial charge < -0.3 is 0 Å². The Morgan fingerprint density at radius 1 is 1.60 bits per heavy atom. The molecule has 0 bridgehead atoms. The van der Waals surface area contributed by atoms with E-state index in [4.69, 9.17) is 6.42 Å². The second kappa shape index (κ2) is 5.57. The van der Waals surface area contributed by atoms with Gasteiger partial charge in [0, 0.05) is 7.05 Å². The average molecular weight is 205 g/mol. The van der Waals surface area contributed by atoms with Crippen molar-refractivity contribution in [2.75, 3.05) is 6.54 Å². The molecule has 1 aromatic heterocycles. The topological polar surface area (TPSA) is 29.9 Å². The van der Waals surface area contributed by atoms with Gasteiger partial charge in [0.2, 0.25) is 0 Å². The Morgan fingerprint density at radius 3 is 2.80 bits per heavy atom. The highest BCUT2D eigenvalue weighted by atomic mass is 15.3. The molecule has 0 aliphatic carbocycles. The van der Waals surface area contributed by atoms with Crippen molar-refractivity contribution < 1.29 is 0 Å². The molecule has 3 nitrogen and oxygen atoms in total. The monoisotopic (exact) mass is 205 g/mol. The van der Waals surface area contributed by atoms with Crippen LogP contribution in [-0.2, 0) is 13.5 Å². The van der Waals surface area contributed by atoms with Crippen LogP contribution in [0.4, 0.5) is 0 Å². The first-order valence-electron chi connectivity index (χ1n) is 5.45. The minimum atomic E-state index is -0.0252. The summed E-state index contributed by atoms with van der Waals surface area (Å²) < 4.78 is 1.87. The third-order valence-electron chi connectivity index (χ3n) is 2.39. The molecule has 1 unspecified atom stereocenters. The van der Waals surface area contributed by atoms with Gasteiger partial charge in [0.05, 0.1) is 11.4 Å². The van der Waals surface area contributed by atoms with E-state index in [2.05, 4.69) is 36.2 Å². The largest absolute Gasteiger partial charge is 0.299 e. The van der Waals surface area contributed by atoms with Crippen LogP contribution in [0.15, 0.2) is 6.07 Å². The lowest BCUT2D eigenvalue weighted by Crippen LogP contribution is -2.22. The lowest BCUT2D eigenvalue weighted by Gasteiger charge is -2.12. The molecule has 15 heavy (non-hydrogen) atoms. The van der Waals surface area contributed by atoms with Gasteiger partial charge in [0.1, 0.15) is 6.04 Å². The van der Waals surface area contributed by atoms with Crippen molar-refractivity contribution >= 4 is 0 Å². The molecule has 0 aromatic carbocycles. The molecule has 0 radical (unpaired) electrons. The normalized spacial score (nSPS) is 12.4. The molecule has 0 amide bonds. The fourth-order valence-electron chi connectivity index (χ4n) is 1.52. The predicted molar refractivity (Wildman–Crippen MR) is 62.5 cm³/mol. The Hall–Kier alpha value is -1.27. The summed E-state index contributed by atoms with van der Waals surface area (Å²) in [7, 11) is 1.94. The Kier molecular flexibility index (Phi) is 4.38. The van der Waals surface area contributed by atoms with Crippen LogP contribution in [-0.4, -0.2) is 16.3 Å². The van der Waals surface area contributed by atoms with E-state index < -0.39 is 0 Å². The summed E-state index contributed by atoms with van der Waals surface area (Å²) in [6.45, 7) is 5.15. The molecule has 3 heteroatoms. The summed E-state index contributed by atoms with van der Waals surface area (Å²) in [5, 5.41) is 7.70. The molecule has 1 N–H and O–H groups in total. The minimum Gasteiger partial charge on any atom is -0.299 e. The molecule has 0 spiro atoms. The van der Waals surface area contributed by atoms with Crippen LogP contribution < -0.4 is 5.32 Å². The molecule has 1 heterocycles. The number of nitrogens with zero attached hydrogens (tertiary/aromatic N) is 2. The van der Waals surface area contributed by atoms with Gasteiger partial charge in [-0.15, -0.1) is 6.42 Å². The number of hydrogen-bond donors (Lipinski definition) is 1. The number of hydrogen-bond acceptors (Lipinski definition) is 2. The van der Waals surface area contributed by atoms with Gasteiger partial charge in [-0.05, 0) is 25.5 Å². The zero-order valence-electron chi connectivity index (χ0n) is 9.75. The van der Waals surface area contributed by atoms with E-state index in [1.165, 1.54) is 0 Å². The quantitative estimate of drug-likeness (QED) is 0.741. The van der Waals surface area contributed by atoms with E-state index >= 15 is 0 Å². The van der Waals surface area contributed by atoms with Crippen LogP contribution in [0, 0.1) is 12.3 Å². The van der Waals surface area contributed by atoms with Crippen LogP contribution in [0.1, 0.15) is 37.7 Å². The molecular weight excluding hydrogens is 186 g/mol. The van der Waals surface area contributed by atoms with E-state index in [0.717, 1.165) is 30.8 Å². The molecule has 1 rings (SSSR count). The predicted octanol–water partition coefficient (Wildman–Crippen LogP) is 1.66. The smallest absolute Gasteiger partial charge is 0.111 e. The lowest BCUT2D eigenvalue weighted by molar-refractivity contribution is 0.576. The van der Waals surface area contributed by atoms with Gasteiger partial charge in [-0.3, -0.25) is 10.00 Å². The first kappa shape index (κ1) is 11.8. The maximum absolute atomic E-state index is 5.51. The maximum atomic E-state index is 5.51. The Balaban J connectivity index is 2.82. The number of rotatable bonds is 5. The van der Waals surface area contributed by atoms with Crippen molar-refractivity contribution in [3.8, 4) is 12.3 Å². The lowest BCUT2D eigenvalue weighted by atomic mass is 10.2. The van der Waals surface area contributed by atoms with Crippen molar-refractivity contribution in [3.05, 3.63) is 17.5 Å². The standard InChI is InChI=1S/C12H19N3/c1-5-8-13-11(7-3)12-9-10(6-2)14-15(12)4/h3,9,11,13H,5-6,8H2,1-2,4H3. The summed E-state index contributed by atoms with van der Waals surface area (Å²) in [5.74, 6) is 2.76. The SMILES string of the molecule is C#CC(NCCC)c1cc(CC)nn1C. The third kappa shape index (κ3) is 2.84. The second-order valence-corrected chi connectivity index (χ2v) is 3.59. The highest BCUT2D eigenvalue weighted by molar-refractivity contribution is 5.21. The molecule has 0 saturated heterocycles. The van der Waals surface area contributed by atoms with Crippen molar-refractivity contribution in [2.24, 2.45) is 7.05 Å². The molecule has 0 fully saturated rings. The van der Waals surface area contributed by atoms with E-state index in [0.29, 0.717) is 0 Å². The van der Waals surface area contributed by atoms with Crippen molar-refractivity contribution in [3.63, 3.8) is 0 Å². The summed E-state index contributed by atoms with van der Waals surface area (Å²) in [6.07, 6.45) is 7.53. The van der Waals surface area contributed by atoms with E-state index in [1.54, 1.807) is 0 Å². The van der Waals surface area contributed by atoms with Crippen LogP contribution >= 0.6 is 0 Å². The highest BCUT2D eigenvalue weighted by Crippen LogP contribution is 2.13. The number of terminal acetylenes is 1. The summed E-state index contributed by atoms with van der Waals surface area (Å²) >= 11 is 0. The number of nitrogens with one attached hydrogen (secondary N) is 1. The highest BCUT2D eigenvalue weighted by Gasteiger charge is 2.12. The van der Waals surface area contributed by atoms with Gasteiger partial charge in [0.15, 0.2) is 0 Å². The molecule has 0 saturated carbocycles. The fourth-order valence-corrected chi connectivity index (χ4v) is 1.52. The van der Waals surface area contributed by atoms with E-state index in [-0.39, 0.29) is 6.04 Å². The first-order chi connectivity index (χ1) is 7.22. The molecule has 0 aliphatic rings. The van der Waals surface area contributed by atoms with Gasteiger partial charge in [-0.2, -0.15) is 5.10 Å². The summed E-state index contributed by atoms with van der Waals surface area (Å²) in [6, 6.07) is 2.05. The van der Waals surface area contributed by atoms with E-state index in [9.17, 15) is 0 Å². The summed E-state index contributed by atoms with van der Waals surface area (Å²) in [4.78, 5) is 0. The molecule has 82 valence electrons. The Bertz CT molecular complexity index is 346. The van der Waals surface area contributed by atoms with Crippen LogP contribution in [0.3, 0.4) is 0 Å². The van der Waals surface area contributed by atoms with Gasteiger partial charge in [0.25, 0.3) is 0 Å². The average Bonchev–Trinajstić information content (AvgIpc) is 2.61. The fraction of sp³-hybridized carbons (Fsp3) is 0.583. The van der Waals surface area contributed by atoms with Crippen molar-refractivity contribution in [1.29, 1.82) is 0 Å². The Labute approximate surface area is 91.9 Å². The molecular formula is C12H19N3. The number of aromatic nitrogens is 2. The summed E-state index contributed by atoms with van der Waals surface area (Å²) in [5.41, 5.74) is 2.16. The second-order valence-electron chi connectivity index (χ2n) is 3.59. The van der Waals surface area contributed by atoms with Crippen LogP contribution in [0.25, 0.3) is 0 Å². The third-order valence-corrected chi connectivity index (χ3v) is 2.39. The maximum Gasteiger partial charge on any atom is 0.111 e. The van der Waals surface area contributed by atoms with Gasteiger partial charge in [-0.25, -0.2) is 0 Å². The van der Waals surface area contributed by atoms with Crippen LogP contribution in [0.5, 0.6) is 0 Å². The molecule has 1 atom stereocenters.